The topological polar surface area (TPSA) is 12.0 Å². The lowest BCUT2D eigenvalue weighted by Crippen LogP contribution is -1.90. The van der Waals surface area contributed by atoms with Crippen molar-refractivity contribution in [2.75, 3.05) is 17.6 Å². The molecule has 1 nitrogen and oxygen atoms in total. The number of fused-ring (bicyclic) bond motifs is 1. The molecule has 0 spiro atoms. The first-order chi connectivity index (χ1) is 5.90. The Kier molecular flexibility index (Phi) is 2.26. The Balaban J connectivity index is 2.26. The van der Waals surface area contributed by atoms with Crippen LogP contribution >= 0.6 is 11.8 Å². The molecule has 12 heavy (non-hydrogen) atoms. The first kappa shape index (κ1) is 7.99. The number of hydrogen-bond acceptors (Lipinski definition) is 2. The van der Waals surface area contributed by atoms with E-state index < -0.39 is 0 Å². The van der Waals surface area contributed by atoms with Gasteiger partial charge in [-0.15, -0.1) is 11.8 Å². The first-order valence-corrected chi connectivity index (χ1v) is 5.38. The number of anilines is 1. The van der Waals surface area contributed by atoms with Crippen molar-refractivity contribution < 1.29 is 0 Å². The molecule has 0 unspecified atom stereocenters. The van der Waals surface area contributed by atoms with Crippen molar-refractivity contribution in [3.05, 3.63) is 23.8 Å². The summed E-state index contributed by atoms with van der Waals surface area (Å²) in [6, 6.07) is 6.70. The Morgan fingerprint density at radius 1 is 1.50 bits per heavy atom. The average molecular weight is 179 g/mol. The highest BCUT2D eigenvalue weighted by Crippen LogP contribution is 2.27. The van der Waals surface area contributed by atoms with Crippen LogP contribution in [0, 0.1) is 0 Å². The average Bonchev–Trinajstić information content (AvgIpc) is 2.51. The van der Waals surface area contributed by atoms with Gasteiger partial charge in [0, 0.05) is 17.1 Å². The molecule has 0 radical (unpaired) electrons. The molecule has 2 rings (SSSR count). The Bertz CT molecular complexity index is 283. The van der Waals surface area contributed by atoms with Crippen LogP contribution in [-0.4, -0.2) is 12.3 Å². The normalized spacial score (nSPS) is 14.1. The molecule has 1 aromatic rings. The van der Waals surface area contributed by atoms with Gasteiger partial charge >= 0.3 is 0 Å². The fraction of sp³-hybridized carbons (Fsp3) is 0.400. The lowest BCUT2D eigenvalue weighted by molar-refractivity contribution is 1.10. The highest BCUT2D eigenvalue weighted by atomic mass is 32.2. The summed E-state index contributed by atoms with van der Waals surface area (Å²) in [5.41, 5.74) is 2.81. The minimum absolute atomic E-state index is 1.11. The van der Waals surface area contributed by atoms with Gasteiger partial charge in [0.2, 0.25) is 0 Å². The molecule has 0 fully saturated rings. The monoisotopic (exact) mass is 179 g/mol. The number of nitrogens with one attached hydrogen (secondary N) is 1. The number of hydrogen-bond donors (Lipinski definition) is 1. The molecule has 1 aliphatic rings. The summed E-state index contributed by atoms with van der Waals surface area (Å²) in [5, 5.41) is 3.36. The van der Waals surface area contributed by atoms with Crippen LogP contribution in [0.25, 0.3) is 0 Å². The predicted molar refractivity (Wildman–Crippen MR) is 55.0 cm³/mol. The van der Waals surface area contributed by atoms with Gasteiger partial charge in [-0.2, -0.15) is 0 Å². The van der Waals surface area contributed by atoms with Gasteiger partial charge in [0.1, 0.15) is 0 Å². The molecular weight excluding hydrogens is 166 g/mol. The van der Waals surface area contributed by atoms with Gasteiger partial charge in [-0.25, -0.2) is 0 Å². The van der Waals surface area contributed by atoms with Crippen LogP contribution in [-0.2, 0) is 6.42 Å². The van der Waals surface area contributed by atoms with Crippen molar-refractivity contribution in [2.24, 2.45) is 0 Å². The van der Waals surface area contributed by atoms with Crippen molar-refractivity contribution in [2.45, 2.75) is 18.2 Å². The van der Waals surface area contributed by atoms with Crippen LogP contribution in [0.15, 0.2) is 23.1 Å². The van der Waals surface area contributed by atoms with Gasteiger partial charge in [0.15, 0.2) is 0 Å². The van der Waals surface area contributed by atoms with Crippen molar-refractivity contribution in [1.82, 2.24) is 0 Å². The standard InChI is InChI=1S/C10H13NS/c1-2-12-9-3-4-10-8(7-9)5-6-11-10/h3-4,7,11H,2,5-6H2,1H3. The molecule has 64 valence electrons. The van der Waals surface area contributed by atoms with Gasteiger partial charge in [-0.3, -0.25) is 0 Å². The molecule has 0 bridgehead atoms. The van der Waals surface area contributed by atoms with E-state index in [1.54, 1.807) is 0 Å². The van der Waals surface area contributed by atoms with Gasteiger partial charge in [0.25, 0.3) is 0 Å². The maximum atomic E-state index is 3.36. The van der Waals surface area contributed by atoms with Crippen LogP contribution in [0.2, 0.25) is 0 Å². The van der Waals surface area contributed by atoms with Crippen LogP contribution < -0.4 is 5.32 Å². The molecule has 0 saturated heterocycles. The third-order valence-corrected chi connectivity index (χ3v) is 2.97. The largest absolute Gasteiger partial charge is 0.384 e. The molecule has 0 saturated carbocycles. The summed E-state index contributed by atoms with van der Waals surface area (Å²) in [5.74, 6) is 1.16. The maximum Gasteiger partial charge on any atom is 0.0374 e. The molecule has 0 aliphatic carbocycles. The van der Waals surface area contributed by atoms with Gasteiger partial charge in [-0.1, -0.05) is 6.92 Å². The van der Waals surface area contributed by atoms with E-state index in [9.17, 15) is 0 Å². The minimum atomic E-state index is 1.11. The molecule has 2 heteroatoms. The van der Waals surface area contributed by atoms with Crippen molar-refractivity contribution in [1.29, 1.82) is 0 Å². The van der Waals surface area contributed by atoms with Crippen molar-refractivity contribution >= 4 is 17.4 Å². The Morgan fingerprint density at radius 2 is 2.42 bits per heavy atom. The lowest BCUT2D eigenvalue weighted by atomic mass is 10.2. The smallest absolute Gasteiger partial charge is 0.0374 e. The predicted octanol–water partition coefficient (Wildman–Crippen LogP) is 2.77. The second-order valence-electron chi connectivity index (χ2n) is 2.93. The highest BCUT2D eigenvalue weighted by molar-refractivity contribution is 7.99. The summed E-state index contributed by atoms with van der Waals surface area (Å²) < 4.78 is 0. The summed E-state index contributed by atoms with van der Waals surface area (Å²) in [4.78, 5) is 1.40. The summed E-state index contributed by atoms with van der Waals surface area (Å²) >= 11 is 1.91. The molecule has 1 aromatic carbocycles. The summed E-state index contributed by atoms with van der Waals surface area (Å²) in [6.45, 7) is 3.30. The second-order valence-corrected chi connectivity index (χ2v) is 4.27. The zero-order valence-corrected chi connectivity index (χ0v) is 8.08. The van der Waals surface area contributed by atoms with E-state index in [0.29, 0.717) is 0 Å². The van der Waals surface area contributed by atoms with Gasteiger partial charge in [-0.05, 0) is 35.9 Å². The van der Waals surface area contributed by atoms with Gasteiger partial charge in [0.05, 0.1) is 0 Å². The van der Waals surface area contributed by atoms with E-state index in [0.717, 1.165) is 12.3 Å². The molecular formula is C10H13NS. The second kappa shape index (κ2) is 3.40. The SMILES string of the molecule is CCSc1ccc2c(c1)CCN2. The summed E-state index contributed by atoms with van der Waals surface area (Å²) in [6.07, 6.45) is 1.19. The van der Waals surface area contributed by atoms with E-state index in [4.69, 9.17) is 0 Å². The third kappa shape index (κ3) is 1.44. The van der Waals surface area contributed by atoms with E-state index in [2.05, 4.69) is 30.4 Å². The van der Waals surface area contributed by atoms with Crippen molar-refractivity contribution in [3.8, 4) is 0 Å². The fourth-order valence-electron chi connectivity index (χ4n) is 1.54. The van der Waals surface area contributed by atoms with Crippen LogP contribution in [0.3, 0.4) is 0 Å². The molecule has 0 amide bonds. The zero-order valence-electron chi connectivity index (χ0n) is 7.26. The molecule has 0 aromatic heterocycles. The van der Waals surface area contributed by atoms with Crippen molar-refractivity contribution in [3.63, 3.8) is 0 Å². The number of rotatable bonds is 2. The van der Waals surface area contributed by atoms with E-state index in [1.165, 1.54) is 22.6 Å². The molecule has 1 heterocycles. The Morgan fingerprint density at radius 3 is 3.25 bits per heavy atom. The number of thioether (sulfide) groups is 1. The van der Waals surface area contributed by atoms with Crippen LogP contribution in [0.4, 0.5) is 5.69 Å². The zero-order chi connectivity index (χ0) is 8.39. The first-order valence-electron chi connectivity index (χ1n) is 4.40. The third-order valence-electron chi connectivity index (χ3n) is 2.10. The molecule has 0 atom stereocenters. The Labute approximate surface area is 77.6 Å². The van der Waals surface area contributed by atoms with Crippen LogP contribution in [0.5, 0.6) is 0 Å². The quantitative estimate of drug-likeness (QED) is 0.701. The summed E-state index contributed by atoms with van der Waals surface area (Å²) in [7, 11) is 0. The highest BCUT2D eigenvalue weighted by Gasteiger charge is 2.09. The molecule has 1 aliphatic heterocycles. The van der Waals surface area contributed by atoms with E-state index in [-0.39, 0.29) is 0 Å². The van der Waals surface area contributed by atoms with E-state index >= 15 is 0 Å². The Hall–Kier alpha value is -0.630. The van der Waals surface area contributed by atoms with Gasteiger partial charge < -0.3 is 5.32 Å². The number of benzene rings is 1. The molecule has 1 N–H and O–H groups in total. The van der Waals surface area contributed by atoms with E-state index in [1.807, 2.05) is 11.8 Å². The minimum Gasteiger partial charge on any atom is -0.384 e. The lowest BCUT2D eigenvalue weighted by Gasteiger charge is -2.02. The van der Waals surface area contributed by atoms with Crippen LogP contribution in [0.1, 0.15) is 12.5 Å². The fourth-order valence-corrected chi connectivity index (χ4v) is 2.26. The maximum absolute atomic E-state index is 3.36.